The van der Waals surface area contributed by atoms with Crippen molar-refractivity contribution in [2.45, 2.75) is 95.9 Å². The fraction of sp³-hybridized carbons (Fsp3) is 0.707. The first kappa shape index (κ1) is 60.3. The van der Waals surface area contributed by atoms with E-state index in [0.29, 0.717) is 18.0 Å². The maximum absolute atomic E-state index is 5.67. The molecule has 0 unspecified atom stereocenters. The van der Waals surface area contributed by atoms with Crippen LogP contribution >= 0.6 is 0 Å². The van der Waals surface area contributed by atoms with E-state index in [9.17, 15) is 0 Å². The maximum atomic E-state index is 5.67. The van der Waals surface area contributed by atoms with Crippen LogP contribution in [0.3, 0.4) is 0 Å². The van der Waals surface area contributed by atoms with Gasteiger partial charge in [-0.1, -0.05) is 82.8 Å². The number of nitrogens with one attached hydrogen (secondary N) is 1. The largest absolute Gasteiger partial charge is 0.536 e. The van der Waals surface area contributed by atoms with Gasteiger partial charge in [-0.2, -0.15) is 0 Å². The van der Waals surface area contributed by atoms with Gasteiger partial charge in [0.1, 0.15) is 5.75 Å². The first-order valence-electron chi connectivity index (χ1n) is 21.1. The van der Waals surface area contributed by atoms with Crippen molar-refractivity contribution in [3.63, 3.8) is 0 Å². The molecule has 0 amide bonds. The summed E-state index contributed by atoms with van der Waals surface area (Å²) in [6.07, 6.45) is 13.4. The molecule has 0 heterocycles. The van der Waals surface area contributed by atoms with E-state index in [0.717, 1.165) is 61.7 Å². The molecule has 2 rings (SSSR count). The van der Waals surface area contributed by atoms with Crippen molar-refractivity contribution in [1.82, 2.24) is 5.32 Å². The molecule has 0 saturated carbocycles. The van der Waals surface area contributed by atoms with Gasteiger partial charge in [0, 0.05) is 112 Å². The van der Waals surface area contributed by atoms with Crippen LogP contribution in [0.1, 0.15) is 64.2 Å². The molecule has 60 heavy (non-hydrogen) atoms. The molecule has 352 valence electrons. The lowest BCUT2D eigenvalue weighted by molar-refractivity contribution is 0.121. The predicted molar refractivity (Wildman–Crippen MR) is 257 cm³/mol. The highest BCUT2D eigenvalue weighted by atomic mass is 28.4. The van der Waals surface area contributed by atoms with Crippen LogP contribution in [0, 0.1) is 0 Å². The summed E-state index contributed by atoms with van der Waals surface area (Å²) in [5.41, 5.74) is 23.5. The maximum Gasteiger partial charge on any atom is 0.536 e. The van der Waals surface area contributed by atoms with Crippen LogP contribution < -0.4 is 38.2 Å². The van der Waals surface area contributed by atoms with Crippen molar-refractivity contribution in [2.24, 2.45) is 11.5 Å². The highest BCUT2D eigenvalue weighted by Gasteiger charge is 2.41. The zero-order valence-corrected chi connectivity index (χ0v) is 43.5. The standard InChI is InChI=1S/C16H38N2O3Si.C12H21NO4Si.C9H15NO3Si.C4H13NSi/c1-19-22(20-2,21-3)16-12-10-8-6-4-5-7-9-11-14-18-15-13-17;1-14-18(15-2,16-3)9-5-8-17-12-7-4-6-11(13)10-12;1-11-14(12-2,13-3)9-6-4-5-8(10)7-9;1-6(2,3)4-5/h18H,4-17H2,1-3H3;4,6-7,10H,5,8-9,13H2,1-3H3;4-7H,10H2,1-3H3;4-5H2,1-3H3. The molecule has 0 aliphatic carbocycles. The Bertz CT molecular complexity index is 1250. The van der Waals surface area contributed by atoms with E-state index in [4.69, 9.17) is 67.5 Å². The van der Waals surface area contributed by atoms with Gasteiger partial charge in [0.25, 0.3) is 0 Å². The van der Waals surface area contributed by atoms with Gasteiger partial charge in [-0.05, 0) is 56.2 Å². The molecule has 0 bridgehead atoms. The molecule has 2 aromatic rings. The Morgan fingerprint density at radius 3 is 1.32 bits per heavy atom. The Balaban J connectivity index is 0. The van der Waals surface area contributed by atoms with Gasteiger partial charge in [-0.25, -0.2) is 0 Å². The number of nitrogen functional groups attached to an aromatic ring is 2. The molecule has 0 aliphatic heterocycles. The lowest BCUT2D eigenvalue weighted by Gasteiger charge is -2.24. The molecule has 0 spiro atoms. The molecule has 0 radical (unpaired) electrons. The summed E-state index contributed by atoms with van der Waals surface area (Å²) in [6.45, 7) is 10.1. The van der Waals surface area contributed by atoms with E-state index in [2.05, 4.69) is 25.0 Å². The third-order valence-electron chi connectivity index (χ3n) is 9.44. The second kappa shape index (κ2) is 36.7. The molecule has 19 heteroatoms. The Kier molecular flexibility index (Phi) is 36.9. The van der Waals surface area contributed by atoms with Crippen LogP contribution in [0.25, 0.3) is 0 Å². The number of rotatable bonds is 30. The van der Waals surface area contributed by atoms with E-state index in [1.165, 1.54) is 51.4 Å². The topological polar surface area (TPSA) is 208 Å². The average molecular weight is 923 g/mol. The average Bonchev–Trinajstić information content (AvgIpc) is 3.26. The van der Waals surface area contributed by atoms with E-state index < -0.39 is 34.5 Å². The van der Waals surface area contributed by atoms with E-state index in [1.54, 1.807) is 70.1 Å². The highest BCUT2D eigenvalue weighted by molar-refractivity contribution is 6.76. The molecule has 0 fully saturated rings. The number of hydrogen-bond acceptors (Lipinski definition) is 15. The third-order valence-corrected chi connectivity index (χ3v) is 19.0. The van der Waals surface area contributed by atoms with Gasteiger partial charge in [-0.3, -0.25) is 0 Å². The molecular weight excluding hydrogens is 835 g/mol. The summed E-state index contributed by atoms with van der Waals surface area (Å²) in [4.78, 5) is 0. The number of benzene rings is 2. The second-order valence-electron chi connectivity index (χ2n) is 15.1. The minimum atomic E-state index is -2.70. The SMILES string of the molecule is CO[Si](CCCCCCCCCCCNCCN)(OC)OC.CO[Si](CCCOc1cccc(N)c1)(OC)OC.CO[Si](OC)(OC)c1cccc(N)c1.C[Si](C)(C)CN. The molecule has 0 aromatic heterocycles. The van der Waals surface area contributed by atoms with Crippen molar-refractivity contribution in [2.75, 3.05) is 108 Å². The van der Waals surface area contributed by atoms with Crippen molar-refractivity contribution in [3.05, 3.63) is 48.5 Å². The summed E-state index contributed by atoms with van der Waals surface area (Å²) in [5, 5.41) is 4.20. The first-order valence-corrected chi connectivity index (χ1v) is 30.4. The van der Waals surface area contributed by atoms with Gasteiger partial charge in [0.2, 0.25) is 0 Å². The fourth-order valence-electron chi connectivity index (χ4n) is 5.58. The second-order valence-corrected chi connectivity index (χ2v) is 29.8. The van der Waals surface area contributed by atoms with Gasteiger partial charge in [0.15, 0.2) is 0 Å². The van der Waals surface area contributed by atoms with Crippen molar-refractivity contribution >= 4 is 51.0 Å². The van der Waals surface area contributed by atoms with Crippen LogP contribution in [0.5, 0.6) is 5.75 Å². The van der Waals surface area contributed by atoms with Crippen LogP contribution in [0.4, 0.5) is 11.4 Å². The molecule has 0 saturated heterocycles. The Hall–Kier alpha value is -1.77. The lowest BCUT2D eigenvalue weighted by Crippen LogP contribution is -2.54. The normalized spacial score (nSPS) is 11.8. The summed E-state index contributed by atoms with van der Waals surface area (Å²) in [6, 6.07) is 16.4. The predicted octanol–water partition coefficient (Wildman–Crippen LogP) is 6.02. The Morgan fingerprint density at radius 1 is 0.500 bits per heavy atom. The number of hydrogen-bond donors (Lipinski definition) is 5. The number of anilines is 2. The fourth-order valence-corrected chi connectivity index (χ4v) is 10.9. The summed E-state index contributed by atoms with van der Waals surface area (Å²) in [7, 11) is 6.24. The van der Waals surface area contributed by atoms with Crippen molar-refractivity contribution in [3.8, 4) is 5.75 Å². The van der Waals surface area contributed by atoms with Gasteiger partial charge in [-0.15, -0.1) is 0 Å². The molecular formula is C41H87N5O10Si4. The first-order chi connectivity index (χ1) is 28.6. The Morgan fingerprint density at radius 2 is 0.917 bits per heavy atom. The zero-order valence-electron chi connectivity index (χ0n) is 39.5. The number of ether oxygens (including phenoxy) is 1. The van der Waals surface area contributed by atoms with Gasteiger partial charge < -0.3 is 72.8 Å². The summed E-state index contributed by atoms with van der Waals surface area (Å²) >= 11 is 0. The quantitative estimate of drug-likeness (QED) is 0.0345. The molecule has 9 N–H and O–H groups in total. The van der Waals surface area contributed by atoms with E-state index in [1.807, 2.05) is 42.5 Å². The van der Waals surface area contributed by atoms with Gasteiger partial charge >= 0.3 is 26.4 Å². The molecule has 15 nitrogen and oxygen atoms in total. The van der Waals surface area contributed by atoms with Crippen LogP contribution in [-0.2, 0) is 39.8 Å². The molecule has 0 atom stereocenters. The third kappa shape index (κ3) is 28.0. The smallest absolute Gasteiger partial charge is 0.494 e. The van der Waals surface area contributed by atoms with Crippen LogP contribution in [0.2, 0.25) is 31.7 Å². The molecule has 2 aromatic carbocycles. The van der Waals surface area contributed by atoms with E-state index >= 15 is 0 Å². The number of unbranched alkanes of at least 4 members (excludes halogenated alkanes) is 8. The van der Waals surface area contributed by atoms with Gasteiger partial charge in [0.05, 0.1) is 14.7 Å². The molecule has 0 aliphatic rings. The van der Waals surface area contributed by atoms with Crippen molar-refractivity contribution in [1.29, 1.82) is 0 Å². The van der Waals surface area contributed by atoms with Crippen LogP contribution in [0.15, 0.2) is 48.5 Å². The Labute approximate surface area is 369 Å². The zero-order chi connectivity index (χ0) is 45.8. The number of nitrogens with two attached hydrogens (primary N) is 4. The van der Waals surface area contributed by atoms with E-state index in [-0.39, 0.29) is 0 Å². The minimum Gasteiger partial charge on any atom is -0.494 e. The highest BCUT2D eigenvalue weighted by Crippen LogP contribution is 2.20. The van der Waals surface area contributed by atoms with Crippen molar-refractivity contribution < 1.29 is 44.6 Å². The lowest BCUT2D eigenvalue weighted by atomic mass is 10.1. The minimum absolute atomic E-state index is 0.578. The van der Waals surface area contributed by atoms with Crippen LogP contribution in [-0.4, -0.2) is 131 Å². The monoisotopic (exact) mass is 922 g/mol. The summed E-state index contributed by atoms with van der Waals surface area (Å²) in [5.74, 6) is 0.773. The summed E-state index contributed by atoms with van der Waals surface area (Å²) < 4.78 is 53.8.